The molecule has 0 radical (unpaired) electrons. The van der Waals surface area contributed by atoms with Crippen molar-refractivity contribution in [3.63, 3.8) is 0 Å². The van der Waals surface area contributed by atoms with Gasteiger partial charge in [0.25, 0.3) is 0 Å². The predicted octanol–water partition coefficient (Wildman–Crippen LogP) is 5.88. The van der Waals surface area contributed by atoms with Crippen LogP contribution in [0.1, 0.15) is 31.4 Å². The van der Waals surface area contributed by atoms with E-state index in [4.69, 9.17) is 33.7 Å². The van der Waals surface area contributed by atoms with Crippen LogP contribution in [0.25, 0.3) is 6.08 Å². The van der Waals surface area contributed by atoms with Crippen molar-refractivity contribution in [2.75, 3.05) is 6.61 Å². The van der Waals surface area contributed by atoms with E-state index in [1.54, 1.807) is 6.07 Å². The highest BCUT2D eigenvalue weighted by Gasteiger charge is 2.27. The van der Waals surface area contributed by atoms with Gasteiger partial charge < -0.3 is 4.74 Å². The Balaban J connectivity index is 2.15. The molecule has 0 saturated heterocycles. The summed E-state index contributed by atoms with van der Waals surface area (Å²) in [4.78, 5) is 0. The molecule has 0 heterocycles. The molecule has 2 N–H and O–H groups in total. The second-order valence-corrected chi connectivity index (χ2v) is 7.05. The highest BCUT2D eigenvalue weighted by Crippen LogP contribution is 2.27. The molecule has 0 fully saturated rings. The SMILES string of the molecule is CC(C)COC(N)(CC=Cc1ccc(Cl)c(Cl)c1)c1ccccc1. The van der Waals surface area contributed by atoms with Gasteiger partial charge in [-0.15, -0.1) is 0 Å². The lowest BCUT2D eigenvalue weighted by atomic mass is 9.99. The zero-order chi connectivity index (χ0) is 17.6. The molecule has 0 aliphatic carbocycles. The van der Waals surface area contributed by atoms with Crippen molar-refractivity contribution in [1.29, 1.82) is 0 Å². The second-order valence-electron chi connectivity index (χ2n) is 6.24. The van der Waals surface area contributed by atoms with Crippen LogP contribution in [0.3, 0.4) is 0 Å². The van der Waals surface area contributed by atoms with Crippen LogP contribution in [0.4, 0.5) is 0 Å². The molecule has 4 heteroatoms. The Morgan fingerprint density at radius 3 is 2.42 bits per heavy atom. The molecule has 1 unspecified atom stereocenters. The molecule has 2 nitrogen and oxygen atoms in total. The lowest BCUT2D eigenvalue weighted by Crippen LogP contribution is -2.40. The number of hydrogen-bond acceptors (Lipinski definition) is 2. The van der Waals surface area contributed by atoms with E-state index in [1.807, 2.05) is 54.6 Å². The molecule has 0 spiro atoms. The summed E-state index contributed by atoms with van der Waals surface area (Å²) in [5.74, 6) is 0.413. The Kier molecular flexibility index (Phi) is 6.88. The largest absolute Gasteiger partial charge is 0.356 e. The molecule has 0 aromatic heterocycles. The van der Waals surface area contributed by atoms with Gasteiger partial charge in [0.05, 0.1) is 16.7 Å². The van der Waals surface area contributed by atoms with E-state index >= 15 is 0 Å². The Labute approximate surface area is 154 Å². The molecule has 0 aliphatic heterocycles. The molecular formula is C20H23Cl2NO. The molecule has 1 atom stereocenters. The minimum Gasteiger partial charge on any atom is -0.356 e. The van der Waals surface area contributed by atoms with Crippen molar-refractivity contribution in [2.45, 2.75) is 26.0 Å². The first-order chi connectivity index (χ1) is 11.4. The number of benzene rings is 2. The van der Waals surface area contributed by atoms with E-state index in [1.165, 1.54) is 0 Å². The van der Waals surface area contributed by atoms with Gasteiger partial charge in [-0.25, -0.2) is 0 Å². The first kappa shape index (κ1) is 19.0. The van der Waals surface area contributed by atoms with Crippen LogP contribution in [0.5, 0.6) is 0 Å². The zero-order valence-corrected chi connectivity index (χ0v) is 15.5. The maximum atomic E-state index is 6.57. The van der Waals surface area contributed by atoms with Crippen molar-refractivity contribution in [3.05, 3.63) is 75.8 Å². The molecular weight excluding hydrogens is 341 g/mol. The second kappa shape index (κ2) is 8.68. The molecule has 2 aromatic carbocycles. The van der Waals surface area contributed by atoms with Gasteiger partial charge in [0.1, 0.15) is 5.72 Å². The Morgan fingerprint density at radius 1 is 1.08 bits per heavy atom. The van der Waals surface area contributed by atoms with Crippen LogP contribution in [-0.2, 0) is 10.5 Å². The van der Waals surface area contributed by atoms with Crippen LogP contribution < -0.4 is 5.73 Å². The summed E-state index contributed by atoms with van der Waals surface area (Å²) in [6.45, 7) is 4.82. The van der Waals surface area contributed by atoms with E-state index in [0.717, 1.165) is 11.1 Å². The van der Waals surface area contributed by atoms with E-state index in [0.29, 0.717) is 29.0 Å². The first-order valence-corrected chi connectivity index (χ1v) is 8.76. The van der Waals surface area contributed by atoms with E-state index in [-0.39, 0.29) is 0 Å². The third-order valence-corrected chi connectivity index (χ3v) is 4.35. The number of halogens is 2. The number of rotatable bonds is 7. The maximum Gasteiger partial charge on any atom is 0.146 e. The summed E-state index contributed by atoms with van der Waals surface area (Å²) in [6, 6.07) is 15.4. The first-order valence-electron chi connectivity index (χ1n) is 8.00. The highest BCUT2D eigenvalue weighted by atomic mass is 35.5. The lowest BCUT2D eigenvalue weighted by molar-refractivity contribution is -0.0560. The standard InChI is InChI=1S/C20H23Cl2NO/c1-15(2)14-24-20(23,17-8-4-3-5-9-17)12-6-7-16-10-11-18(21)19(22)13-16/h3-11,13,15H,12,14,23H2,1-2H3. The molecule has 128 valence electrons. The fourth-order valence-corrected chi connectivity index (χ4v) is 2.59. The van der Waals surface area contributed by atoms with Crippen LogP contribution in [0.15, 0.2) is 54.6 Å². The Morgan fingerprint density at radius 2 is 1.79 bits per heavy atom. The maximum absolute atomic E-state index is 6.57. The van der Waals surface area contributed by atoms with Crippen molar-refractivity contribution in [2.24, 2.45) is 11.7 Å². The fourth-order valence-electron chi connectivity index (χ4n) is 2.28. The zero-order valence-electron chi connectivity index (χ0n) is 14.0. The summed E-state index contributed by atoms with van der Waals surface area (Å²) in [6.07, 6.45) is 4.54. The fraction of sp³-hybridized carbons (Fsp3) is 0.300. The molecule has 0 amide bonds. The van der Waals surface area contributed by atoms with Gasteiger partial charge >= 0.3 is 0 Å². The van der Waals surface area contributed by atoms with Gasteiger partial charge in [-0.2, -0.15) is 0 Å². The normalized spacial score (nSPS) is 14.2. The minimum atomic E-state index is -0.849. The Bertz CT molecular complexity index is 685. The summed E-state index contributed by atoms with van der Waals surface area (Å²) < 4.78 is 6.04. The minimum absolute atomic E-state index is 0.413. The van der Waals surface area contributed by atoms with Crippen LogP contribution in [0.2, 0.25) is 10.0 Å². The van der Waals surface area contributed by atoms with Crippen molar-refractivity contribution < 1.29 is 4.74 Å². The van der Waals surface area contributed by atoms with Gasteiger partial charge in [-0.1, -0.05) is 85.6 Å². The number of hydrogen-bond donors (Lipinski definition) is 1. The van der Waals surface area contributed by atoms with Gasteiger partial charge in [-0.05, 0) is 29.2 Å². The predicted molar refractivity (Wildman–Crippen MR) is 103 cm³/mol. The molecule has 0 bridgehead atoms. The third-order valence-electron chi connectivity index (χ3n) is 3.61. The van der Waals surface area contributed by atoms with E-state index in [2.05, 4.69) is 13.8 Å². The third kappa shape index (κ3) is 5.35. The number of nitrogens with two attached hydrogens (primary N) is 1. The van der Waals surface area contributed by atoms with Crippen molar-refractivity contribution >= 4 is 29.3 Å². The van der Waals surface area contributed by atoms with Crippen LogP contribution in [0, 0.1) is 5.92 Å². The molecule has 0 aliphatic rings. The number of ether oxygens (including phenoxy) is 1. The summed E-state index contributed by atoms with van der Waals surface area (Å²) in [5, 5.41) is 1.09. The van der Waals surface area contributed by atoms with Crippen molar-refractivity contribution in [1.82, 2.24) is 0 Å². The molecule has 0 saturated carbocycles. The van der Waals surface area contributed by atoms with Gasteiger partial charge in [0.15, 0.2) is 0 Å². The highest BCUT2D eigenvalue weighted by molar-refractivity contribution is 6.42. The quantitative estimate of drug-likeness (QED) is 0.623. The monoisotopic (exact) mass is 363 g/mol. The lowest BCUT2D eigenvalue weighted by Gasteiger charge is -2.30. The summed E-state index contributed by atoms with van der Waals surface area (Å²) >= 11 is 12.0. The summed E-state index contributed by atoms with van der Waals surface area (Å²) in [7, 11) is 0. The van der Waals surface area contributed by atoms with Crippen LogP contribution in [-0.4, -0.2) is 6.61 Å². The average Bonchev–Trinajstić information content (AvgIpc) is 2.57. The molecule has 24 heavy (non-hydrogen) atoms. The Hall–Kier alpha value is -1.32. The average molecular weight is 364 g/mol. The smallest absolute Gasteiger partial charge is 0.146 e. The van der Waals surface area contributed by atoms with Crippen LogP contribution >= 0.6 is 23.2 Å². The van der Waals surface area contributed by atoms with E-state index < -0.39 is 5.72 Å². The van der Waals surface area contributed by atoms with Gasteiger partial charge in [-0.3, -0.25) is 5.73 Å². The van der Waals surface area contributed by atoms with E-state index in [9.17, 15) is 0 Å². The topological polar surface area (TPSA) is 35.2 Å². The molecule has 2 aromatic rings. The van der Waals surface area contributed by atoms with Gasteiger partial charge in [0, 0.05) is 6.42 Å². The molecule has 2 rings (SSSR count). The van der Waals surface area contributed by atoms with Crippen molar-refractivity contribution in [3.8, 4) is 0 Å². The summed E-state index contributed by atoms with van der Waals surface area (Å²) in [5.41, 5.74) is 7.65. The van der Waals surface area contributed by atoms with Gasteiger partial charge in [0.2, 0.25) is 0 Å².